The molecule has 5 nitrogen and oxygen atoms in total. The molecule has 7 heteroatoms. The molecule has 0 aliphatic carbocycles. The summed E-state index contributed by atoms with van der Waals surface area (Å²) in [5.41, 5.74) is 1.87. The van der Waals surface area contributed by atoms with Crippen molar-refractivity contribution in [2.75, 3.05) is 12.8 Å². The van der Waals surface area contributed by atoms with Crippen molar-refractivity contribution in [3.05, 3.63) is 35.4 Å². The van der Waals surface area contributed by atoms with Crippen LogP contribution in [0.4, 0.5) is 0 Å². The first kappa shape index (κ1) is 25.2. The standard InChI is InChI=1S/C19H33N3O2S.HI/c1-5-7-8-9-16(3)22-19(20-6-2)21-14-17-10-12-18(13-11-17)15-25(4,23)24;/h10-13,16H,5-9,14-15H2,1-4H3,(H2,20,21,22);1H. The van der Waals surface area contributed by atoms with Crippen LogP contribution in [0.5, 0.6) is 0 Å². The van der Waals surface area contributed by atoms with Crippen LogP contribution in [0.2, 0.25) is 0 Å². The molecule has 0 radical (unpaired) electrons. The smallest absolute Gasteiger partial charge is 0.191 e. The highest BCUT2D eigenvalue weighted by atomic mass is 127. The van der Waals surface area contributed by atoms with E-state index in [1.807, 2.05) is 24.3 Å². The molecule has 1 unspecified atom stereocenters. The number of nitrogens with one attached hydrogen (secondary N) is 2. The number of nitrogens with zero attached hydrogens (tertiary/aromatic N) is 1. The highest BCUT2D eigenvalue weighted by Gasteiger charge is 2.06. The number of sulfone groups is 1. The molecule has 0 aliphatic rings. The normalized spacial score (nSPS) is 13.0. The average molecular weight is 495 g/mol. The number of aliphatic imine (C=N–C) groups is 1. The van der Waals surface area contributed by atoms with Crippen LogP contribution >= 0.6 is 24.0 Å². The van der Waals surface area contributed by atoms with E-state index in [0.717, 1.165) is 30.1 Å². The van der Waals surface area contributed by atoms with Gasteiger partial charge in [-0.15, -0.1) is 24.0 Å². The molecule has 0 aromatic heterocycles. The monoisotopic (exact) mass is 495 g/mol. The number of hydrogen-bond donors (Lipinski definition) is 2. The molecule has 26 heavy (non-hydrogen) atoms. The van der Waals surface area contributed by atoms with Gasteiger partial charge < -0.3 is 10.6 Å². The van der Waals surface area contributed by atoms with Gasteiger partial charge in [0, 0.05) is 18.8 Å². The summed E-state index contributed by atoms with van der Waals surface area (Å²) >= 11 is 0. The molecule has 0 amide bonds. The van der Waals surface area contributed by atoms with E-state index in [9.17, 15) is 8.42 Å². The van der Waals surface area contributed by atoms with Gasteiger partial charge in [-0.3, -0.25) is 0 Å². The Morgan fingerprint density at radius 2 is 1.73 bits per heavy atom. The number of benzene rings is 1. The minimum absolute atomic E-state index is 0. The van der Waals surface area contributed by atoms with Crippen LogP contribution < -0.4 is 10.6 Å². The molecular weight excluding hydrogens is 461 g/mol. The largest absolute Gasteiger partial charge is 0.357 e. The van der Waals surface area contributed by atoms with E-state index in [4.69, 9.17) is 0 Å². The van der Waals surface area contributed by atoms with Gasteiger partial charge in [0.15, 0.2) is 15.8 Å². The van der Waals surface area contributed by atoms with E-state index in [1.165, 1.54) is 25.5 Å². The molecule has 2 N–H and O–H groups in total. The Morgan fingerprint density at radius 3 is 2.27 bits per heavy atom. The molecule has 0 saturated heterocycles. The lowest BCUT2D eigenvalue weighted by Gasteiger charge is -2.17. The van der Waals surface area contributed by atoms with Gasteiger partial charge in [0.05, 0.1) is 12.3 Å². The van der Waals surface area contributed by atoms with Gasteiger partial charge in [0.1, 0.15) is 0 Å². The second kappa shape index (κ2) is 13.4. The lowest BCUT2D eigenvalue weighted by atomic mass is 10.1. The highest BCUT2D eigenvalue weighted by molar-refractivity contribution is 14.0. The minimum atomic E-state index is -2.99. The Morgan fingerprint density at radius 1 is 1.12 bits per heavy atom. The summed E-state index contributed by atoms with van der Waals surface area (Å²) in [6.07, 6.45) is 6.11. The van der Waals surface area contributed by atoms with Crippen LogP contribution in [0.25, 0.3) is 0 Å². The molecule has 1 aromatic rings. The van der Waals surface area contributed by atoms with Crippen LogP contribution in [0.1, 0.15) is 57.6 Å². The Labute approximate surface area is 176 Å². The lowest BCUT2D eigenvalue weighted by molar-refractivity contribution is 0.547. The number of unbranched alkanes of at least 4 members (excludes halogenated alkanes) is 2. The van der Waals surface area contributed by atoms with E-state index in [1.54, 1.807) is 0 Å². The molecule has 0 aliphatic heterocycles. The van der Waals surface area contributed by atoms with Crippen LogP contribution in [-0.4, -0.2) is 33.2 Å². The summed E-state index contributed by atoms with van der Waals surface area (Å²) in [5.74, 6) is 0.905. The van der Waals surface area contributed by atoms with Crippen molar-refractivity contribution in [1.82, 2.24) is 10.6 Å². The van der Waals surface area contributed by atoms with Crippen molar-refractivity contribution in [1.29, 1.82) is 0 Å². The lowest BCUT2D eigenvalue weighted by Crippen LogP contribution is -2.42. The van der Waals surface area contributed by atoms with Crippen molar-refractivity contribution < 1.29 is 8.42 Å². The van der Waals surface area contributed by atoms with Gasteiger partial charge in [0.25, 0.3) is 0 Å². The maximum Gasteiger partial charge on any atom is 0.191 e. The number of guanidine groups is 1. The second-order valence-corrected chi connectivity index (χ2v) is 8.76. The Kier molecular flexibility index (Phi) is 12.9. The SMILES string of the molecule is CCCCCC(C)NC(=NCc1ccc(CS(C)(=O)=O)cc1)NCC.I. The molecular formula is C19H34IN3O2S. The van der Waals surface area contributed by atoms with Gasteiger partial charge >= 0.3 is 0 Å². The van der Waals surface area contributed by atoms with Gasteiger partial charge in [-0.25, -0.2) is 13.4 Å². The summed E-state index contributed by atoms with van der Waals surface area (Å²) in [5, 5.41) is 6.73. The topological polar surface area (TPSA) is 70.6 Å². The minimum Gasteiger partial charge on any atom is -0.357 e. The fraction of sp³-hybridized carbons (Fsp3) is 0.632. The number of hydrogen-bond acceptors (Lipinski definition) is 3. The summed E-state index contributed by atoms with van der Waals surface area (Å²) in [6, 6.07) is 8.00. The van der Waals surface area contributed by atoms with E-state index >= 15 is 0 Å². The second-order valence-electron chi connectivity index (χ2n) is 6.62. The highest BCUT2D eigenvalue weighted by Crippen LogP contribution is 2.09. The van der Waals surface area contributed by atoms with Gasteiger partial charge in [-0.2, -0.15) is 0 Å². The van der Waals surface area contributed by atoms with Crippen LogP contribution in [-0.2, 0) is 22.1 Å². The first-order valence-electron chi connectivity index (χ1n) is 9.14. The molecule has 0 spiro atoms. The van der Waals surface area contributed by atoms with Gasteiger partial charge in [-0.1, -0.05) is 50.5 Å². The average Bonchev–Trinajstić information content (AvgIpc) is 2.53. The first-order chi connectivity index (χ1) is 11.8. The maximum atomic E-state index is 11.3. The summed E-state index contributed by atoms with van der Waals surface area (Å²) in [4.78, 5) is 4.63. The Hall–Kier alpha value is -0.830. The zero-order valence-corrected chi connectivity index (χ0v) is 19.6. The molecule has 0 fully saturated rings. The third kappa shape index (κ3) is 11.7. The van der Waals surface area contributed by atoms with Crippen molar-refractivity contribution >= 4 is 39.8 Å². The number of halogens is 1. The molecule has 0 saturated carbocycles. The summed E-state index contributed by atoms with van der Waals surface area (Å²) in [6.45, 7) is 7.84. The molecule has 0 heterocycles. The van der Waals surface area contributed by atoms with Gasteiger partial charge in [-0.05, 0) is 31.4 Å². The summed E-state index contributed by atoms with van der Waals surface area (Å²) < 4.78 is 22.7. The molecule has 1 rings (SSSR count). The zero-order valence-electron chi connectivity index (χ0n) is 16.4. The fourth-order valence-electron chi connectivity index (χ4n) is 2.54. The quantitative estimate of drug-likeness (QED) is 0.224. The Balaban J connectivity index is 0.00000625. The molecule has 0 bridgehead atoms. The van der Waals surface area contributed by atoms with Gasteiger partial charge in [0.2, 0.25) is 0 Å². The number of rotatable bonds is 10. The van der Waals surface area contributed by atoms with Crippen LogP contribution in [0, 0.1) is 0 Å². The predicted octanol–water partition coefficient (Wildman–Crippen LogP) is 3.87. The molecule has 1 atom stereocenters. The summed E-state index contributed by atoms with van der Waals surface area (Å²) in [7, 11) is -2.99. The van der Waals surface area contributed by atoms with E-state index < -0.39 is 9.84 Å². The predicted molar refractivity (Wildman–Crippen MR) is 122 cm³/mol. The van der Waals surface area contributed by atoms with Crippen molar-refractivity contribution in [3.8, 4) is 0 Å². The van der Waals surface area contributed by atoms with Crippen molar-refractivity contribution in [2.45, 2.75) is 64.8 Å². The zero-order chi connectivity index (χ0) is 18.7. The Bertz CT molecular complexity index is 631. The van der Waals surface area contributed by atoms with E-state index in [0.29, 0.717) is 12.6 Å². The third-order valence-electron chi connectivity index (χ3n) is 3.84. The van der Waals surface area contributed by atoms with Crippen LogP contribution in [0.3, 0.4) is 0 Å². The molecule has 1 aromatic carbocycles. The fourth-order valence-corrected chi connectivity index (χ4v) is 3.34. The first-order valence-corrected chi connectivity index (χ1v) is 11.2. The molecule has 150 valence electrons. The maximum absolute atomic E-state index is 11.3. The van der Waals surface area contributed by atoms with E-state index in [-0.39, 0.29) is 29.7 Å². The van der Waals surface area contributed by atoms with Crippen molar-refractivity contribution in [2.24, 2.45) is 4.99 Å². The third-order valence-corrected chi connectivity index (χ3v) is 4.70. The van der Waals surface area contributed by atoms with Crippen molar-refractivity contribution in [3.63, 3.8) is 0 Å². The van der Waals surface area contributed by atoms with E-state index in [2.05, 4.69) is 36.4 Å². The van der Waals surface area contributed by atoms with Crippen LogP contribution in [0.15, 0.2) is 29.3 Å².